The zero-order valence-electron chi connectivity index (χ0n) is 11.1. The Morgan fingerprint density at radius 2 is 1.27 bits per heavy atom. The molecule has 0 aromatic heterocycles. The van der Waals surface area contributed by atoms with E-state index < -0.39 is 0 Å². The van der Waals surface area contributed by atoms with Crippen LogP contribution in [0.5, 0.6) is 0 Å². The van der Waals surface area contributed by atoms with Gasteiger partial charge in [-0.3, -0.25) is 0 Å². The van der Waals surface area contributed by atoms with Gasteiger partial charge in [0, 0.05) is 0 Å². The van der Waals surface area contributed by atoms with Crippen LogP contribution in [0.1, 0.15) is 59.8 Å². The van der Waals surface area contributed by atoms with Crippen molar-refractivity contribution in [3.05, 3.63) is 0 Å². The van der Waals surface area contributed by atoms with Crippen LogP contribution in [0.15, 0.2) is 0 Å². The molecule has 0 bridgehead atoms. The summed E-state index contributed by atoms with van der Waals surface area (Å²) in [6.45, 7) is 10.4. The van der Waals surface area contributed by atoms with Gasteiger partial charge in [0.1, 0.15) is 0 Å². The van der Waals surface area contributed by atoms with E-state index in [1.807, 2.05) is 0 Å². The predicted octanol–water partition coefficient (Wildman–Crippen LogP) is 4.19. The van der Waals surface area contributed by atoms with Gasteiger partial charge in [0.2, 0.25) is 0 Å². The Bertz CT molecular complexity index is 126. The van der Waals surface area contributed by atoms with Crippen LogP contribution in [-0.2, 0) is 0 Å². The molecule has 0 saturated heterocycles. The fourth-order valence-electron chi connectivity index (χ4n) is 2.08. The molecule has 15 heavy (non-hydrogen) atoms. The molecular formula is C13H30NP. The summed E-state index contributed by atoms with van der Waals surface area (Å²) < 4.78 is 0. The first-order valence-electron chi connectivity index (χ1n) is 6.55. The highest BCUT2D eigenvalue weighted by molar-refractivity contribution is 7.59. The smallest absolute Gasteiger partial charge is 0.00773 e. The fraction of sp³-hybridized carbons (Fsp3) is 1.00. The molecule has 0 fully saturated rings. The molecule has 0 unspecified atom stereocenters. The van der Waals surface area contributed by atoms with Crippen molar-refractivity contribution in [2.75, 3.05) is 12.7 Å². The molecule has 0 radical (unpaired) electrons. The van der Waals surface area contributed by atoms with Crippen molar-refractivity contribution in [3.63, 3.8) is 0 Å². The third kappa shape index (κ3) is 8.22. The average Bonchev–Trinajstić information content (AvgIpc) is 2.15. The molecule has 0 rings (SSSR count). The minimum Gasteiger partial charge on any atom is -0.330 e. The minimum atomic E-state index is 0.272. The van der Waals surface area contributed by atoms with E-state index >= 15 is 0 Å². The van der Waals surface area contributed by atoms with Gasteiger partial charge in [-0.05, 0) is 36.9 Å². The molecule has 0 amide bonds. The zero-order valence-corrected chi connectivity index (χ0v) is 12.0. The molecule has 0 spiro atoms. The van der Waals surface area contributed by atoms with Crippen molar-refractivity contribution >= 4 is 7.92 Å². The Labute approximate surface area is 98.0 Å². The van der Waals surface area contributed by atoms with Crippen molar-refractivity contribution in [2.45, 2.75) is 71.1 Å². The molecule has 0 aliphatic rings. The molecular weight excluding hydrogens is 201 g/mol. The van der Waals surface area contributed by atoms with E-state index in [0.29, 0.717) is 0 Å². The van der Waals surface area contributed by atoms with Gasteiger partial charge in [-0.25, -0.2) is 0 Å². The summed E-state index contributed by atoms with van der Waals surface area (Å²) in [5.41, 5.74) is 7.29. The molecule has 1 nitrogen and oxygen atoms in total. The Morgan fingerprint density at radius 1 is 0.800 bits per heavy atom. The summed E-state index contributed by atoms with van der Waals surface area (Å²) in [5, 5.41) is 0. The summed E-state index contributed by atoms with van der Waals surface area (Å²) in [6.07, 6.45) is 8.26. The summed E-state index contributed by atoms with van der Waals surface area (Å²) in [7, 11) is 0.272. The zero-order chi connectivity index (χ0) is 11.7. The van der Waals surface area contributed by atoms with Crippen LogP contribution in [0.2, 0.25) is 0 Å². The molecule has 0 heterocycles. The van der Waals surface area contributed by atoms with Gasteiger partial charge >= 0.3 is 0 Å². The van der Waals surface area contributed by atoms with Crippen molar-refractivity contribution in [1.82, 2.24) is 0 Å². The lowest BCUT2D eigenvalue weighted by Crippen LogP contribution is -2.06. The number of hydrogen-bond donors (Lipinski definition) is 1. The van der Waals surface area contributed by atoms with Gasteiger partial charge in [-0.2, -0.15) is 0 Å². The highest BCUT2D eigenvalue weighted by atomic mass is 31.1. The average molecular weight is 231 g/mol. The Morgan fingerprint density at radius 3 is 1.73 bits per heavy atom. The van der Waals surface area contributed by atoms with E-state index in [0.717, 1.165) is 17.9 Å². The highest BCUT2D eigenvalue weighted by Gasteiger charge is 2.15. The number of nitrogens with two attached hydrogens (primary N) is 1. The molecule has 2 heteroatoms. The minimum absolute atomic E-state index is 0.272. The monoisotopic (exact) mass is 231 g/mol. The van der Waals surface area contributed by atoms with E-state index in [1.165, 1.54) is 38.3 Å². The Hall–Kier alpha value is 0.390. The van der Waals surface area contributed by atoms with Crippen LogP contribution in [0.4, 0.5) is 0 Å². The number of unbranched alkanes of at least 4 members (excludes halogenated alkanes) is 4. The third-order valence-electron chi connectivity index (χ3n) is 2.95. The number of rotatable bonds is 9. The maximum absolute atomic E-state index is 5.47. The fourth-order valence-corrected chi connectivity index (χ4v) is 4.90. The summed E-state index contributed by atoms with van der Waals surface area (Å²) in [4.78, 5) is 0. The van der Waals surface area contributed by atoms with Crippen LogP contribution in [0.3, 0.4) is 0 Å². The second-order valence-corrected chi connectivity index (χ2v) is 8.52. The third-order valence-corrected chi connectivity index (χ3v) is 6.43. The maximum Gasteiger partial charge on any atom is -0.00773 e. The molecule has 2 N–H and O–H groups in total. The molecule has 0 saturated carbocycles. The van der Waals surface area contributed by atoms with Crippen molar-refractivity contribution in [3.8, 4) is 0 Å². The van der Waals surface area contributed by atoms with Crippen molar-refractivity contribution in [2.24, 2.45) is 5.73 Å². The first kappa shape index (κ1) is 15.4. The van der Waals surface area contributed by atoms with Crippen LogP contribution in [0, 0.1) is 0 Å². The van der Waals surface area contributed by atoms with Gasteiger partial charge in [-0.1, -0.05) is 47.0 Å². The molecule has 0 atom stereocenters. The van der Waals surface area contributed by atoms with Crippen LogP contribution >= 0.6 is 7.92 Å². The van der Waals surface area contributed by atoms with E-state index in [2.05, 4.69) is 27.7 Å². The molecule has 0 aromatic rings. The SMILES string of the molecule is CC(C)P(CCCCCCCN)C(C)C. The first-order valence-corrected chi connectivity index (χ1v) is 8.22. The van der Waals surface area contributed by atoms with Crippen molar-refractivity contribution in [1.29, 1.82) is 0 Å². The van der Waals surface area contributed by atoms with E-state index in [1.54, 1.807) is 0 Å². The molecule has 0 aromatic carbocycles. The van der Waals surface area contributed by atoms with Gasteiger partial charge in [0.15, 0.2) is 0 Å². The summed E-state index contributed by atoms with van der Waals surface area (Å²) >= 11 is 0. The lowest BCUT2D eigenvalue weighted by molar-refractivity contribution is 0.638. The van der Waals surface area contributed by atoms with Crippen molar-refractivity contribution < 1.29 is 0 Å². The van der Waals surface area contributed by atoms with Gasteiger partial charge in [0.25, 0.3) is 0 Å². The normalized spacial score (nSPS) is 12.0. The predicted molar refractivity (Wildman–Crippen MR) is 74.2 cm³/mol. The lowest BCUT2D eigenvalue weighted by atomic mass is 10.2. The number of hydrogen-bond acceptors (Lipinski definition) is 1. The van der Waals surface area contributed by atoms with Gasteiger partial charge in [-0.15, -0.1) is 7.92 Å². The Balaban J connectivity index is 3.46. The van der Waals surface area contributed by atoms with E-state index in [4.69, 9.17) is 5.73 Å². The van der Waals surface area contributed by atoms with Crippen LogP contribution in [-0.4, -0.2) is 24.0 Å². The van der Waals surface area contributed by atoms with Crippen LogP contribution < -0.4 is 5.73 Å². The summed E-state index contributed by atoms with van der Waals surface area (Å²) in [5.74, 6) is 0. The summed E-state index contributed by atoms with van der Waals surface area (Å²) in [6, 6.07) is 0. The Kier molecular flexibility index (Phi) is 9.85. The van der Waals surface area contributed by atoms with Crippen LogP contribution in [0.25, 0.3) is 0 Å². The van der Waals surface area contributed by atoms with Gasteiger partial charge < -0.3 is 5.73 Å². The largest absolute Gasteiger partial charge is 0.330 e. The van der Waals surface area contributed by atoms with Gasteiger partial charge in [0.05, 0.1) is 0 Å². The molecule has 92 valence electrons. The lowest BCUT2D eigenvalue weighted by Gasteiger charge is -2.25. The maximum atomic E-state index is 5.47. The van der Waals surface area contributed by atoms with E-state index in [-0.39, 0.29) is 7.92 Å². The topological polar surface area (TPSA) is 26.0 Å². The highest BCUT2D eigenvalue weighted by Crippen LogP contribution is 2.46. The first-order chi connectivity index (χ1) is 7.09. The second-order valence-electron chi connectivity index (χ2n) is 4.98. The standard InChI is InChI=1S/C13H30NP/c1-12(2)15(13(3)4)11-9-7-5-6-8-10-14/h12-13H,5-11,14H2,1-4H3. The quantitative estimate of drug-likeness (QED) is 0.467. The molecule has 0 aliphatic heterocycles. The molecule has 0 aliphatic carbocycles. The second kappa shape index (κ2) is 9.60. The van der Waals surface area contributed by atoms with E-state index in [9.17, 15) is 0 Å².